The Hall–Kier alpha value is -3.63. The van der Waals surface area contributed by atoms with Crippen LogP contribution in [0.25, 0.3) is 11.0 Å². The van der Waals surface area contributed by atoms with Gasteiger partial charge in [0.2, 0.25) is 11.7 Å². The van der Waals surface area contributed by atoms with Crippen molar-refractivity contribution < 1.29 is 18.7 Å². The van der Waals surface area contributed by atoms with Gasteiger partial charge >= 0.3 is 0 Å². The van der Waals surface area contributed by atoms with Gasteiger partial charge < -0.3 is 19.8 Å². The van der Waals surface area contributed by atoms with E-state index in [1.807, 2.05) is 29.2 Å². The van der Waals surface area contributed by atoms with Gasteiger partial charge in [0.1, 0.15) is 5.82 Å². The highest BCUT2D eigenvalue weighted by Gasteiger charge is 2.37. The highest BCUT2D eigenvalue weighted by Crippen LogP contribution is 2.32. The van der Waals surface area contributed by atoms with Crippen molar-refractivity contribution in [3.8, 4) is 0 Å². The number of aromatic amines is 1. The lowest BCUT2D eigenvalue weighted by Gasteiger charge is -2.39. The summed E-state index contributed by atoms with van der Waals surface area (Å²) >= 11 is 0. The maximum Gasteiger partial charge on any atom is 0.289 e. The van der Waals surface area contributed by atoms with E-state index >= 15 is 0 Å². The smallest absolute Gasteiger partial charge is 0.289 e. The van der Waals surface area contributed by atoms with Gasteiger partial charge in [0.05, 0.1) is 35.4 Å². The molecule has 1 aliphatic rings. The molecule has 31 heavy (non-hydrogen) atoms. The summed E-state index contributed by atoms with van der Waals surface area (Å²) in [6, 6.07) is 10.3. The highest BCUT2D eigenvalue weighted by atomic mass is 19.1. The van der Waals surface area contributed by atoms with E-state index in [-0.39, 0.29) is 23.9 Å². The van der Waals surface area contributed by atoms with Crippen LogP contribution in [0.3, 0.4) is 0 Å². The predicted molar refractivity (Wildman–Crippen MR) is 107 cm³/mol. The van der Waals surface area contributed by atoms with Crippen LogP contribution in [0.4, 0.5) is 4.39 Å². The van der Waals surface area contributed by atoms with Crippen molar-refractivity contribution in [1.82, 2.24) is 30.2 Å². The fourth-order valence-electron chi connectivity index (χ4n) is 3.52. The van der Waals surface area contributed by atoms with Gasteiger partial charge in [-0.25, -0.2) is 14.4 Å². The molecule has 9 nitrogen and oxygen atoms in total. The molecule has 158 valence electrons. The zero-order chi connectivity index (χ0) is 21.4. The van der Waals surface area contributed by atoms with Crippen LogP contribution in [0.1, 0.15) is 40.1 Å². The molecule has 0 aliphatic carbocycles. The SMILES string of the molecule is O=C(NCc1ncccc1F)c1cnc(C2CN(C(O)c3nc4ccccc4[nH]3)C2)o1. The molecule has 1 aliphatic heterocycles. The minimum atomic E-state index is -0.866. The summed E-state index contributed by atoms with van der Waals surface area (Å²) < 4.78 is 19.2. The number of nitrogens with one attached hydrogen (secondary N) is 2. The van der Waals surface area contributed by atoms with Gasteiger partial charge in [-0.15, -0.1) is 0 Å². The second-order valence-electron chi connectivity index (χ2n) is 7.34. The number of pyridine rings is 1. The number of hydrogen-bond donors (Lipinski definition) is 3. The summed E-state index contributed by atoms with van der Waals surface area (Å²) in [5.41, 5.74) is 1.80. The highest BCUT2D eigenvalue weighted by molar-refractivity contribution is 5.91. The summed E-state index contributed by atoms with van der Waals surface area (Å²) in [6.07, 6.45) is 1.94. The number of aliphatic hydroxyl groups is 1. The van der Waals surface area contributed by atoms with E-state index in [1.54, 1.807) is 0 Å². The average molecular weight is 422 g/mol. The van der Waals surface area contributed by atoms with Gasteiger partial charge in [-0.3, -0.25) is 14.7 Å². The van der Waals surface area contributed by atoms with Gasteiger partial charge in [-0.05, 0) is 24.3 Å². The van der Waals surface area contributed by atoms with Crippen LogP contribution in [0.15, 0.2) is 53.2 Å². The van der Waals surface area contributed by atoms with Gasteiger partial charge in [0, 0.05) is 19.3 Å². The number of aromatic nitrogens is 4. The molecule has 1 atom stereocenters. The third-order valence-electron chi connectivity index (χ3n) is 5.26. The maximum atomic E-state index is 13.6. The van der Waals surface area contributed by atoms with E-state index in [0.29, 0.717) is 24.8 Å². The number of carbonyl (C=O) groups is 1. The first-order valence-corrected chi connectivity index (χ1v) is 9.78. The Kier molecular flexibility index (Phi) is 4.92. The summed E-state index contributed by atoms with van der Waals surface area (Å²) in [7, 11) is 0. The van der Waals surface area contributed by atoms with Gasteiger partial charge in [0.15, 0.2) is 12.1 Å². The first-order valence-electron chi connectivity index (χ1n) is 9.78. The lowest BCUT2D eigenvalue weighted by molar-refractivity contribution is -0.0573. The topological polar surface area (TPSA) is 120 Å². The van der Waals surface area contributed by atoms with Crippen molar-refractivity contribution >= 4 is 16.9 Å². The molecule has 0 radical (unpaired) electrons. The summed E-state index contributed by atoms with van der Waals surface area (Å²) in [4.78, 5) is 29.7. The number of nitrogens with zero attached hydrogens (tertiary/aromatic N) is 4. The van der Waals surface area contributed by atoms with Crippen LogP contribution in [-0.4, -0.2) is 48.9 Å². The quantitative estimate of drug-likeness (QED) is 0.435. The molecule has 1 fully saturated rings. The molecule has 1 saturated heterocycles. The normalized spacial score (nSPS) is 15.7. The number of oxazole rings is 1. The molecule has 0 bridgehead atoms. The molecule has 1 aromatic carbocycles. The third kappa shape index (κ3) is 3.78. The number of imidazole rings is 1. The minimum Gasteiger partial charge on any atom is -0.435 e. The molecule has 1 unspecified atom stereocenters. The first kappa shape index (κ1) is 19.3. The zero-order valence-electron chi connectivity index (χ0n) is 16.3. The lowest BCUT2D eigenvalue weighted by Crippen LogP contribution is -2.47. The van der Waals surface area contributed by atoms with Crippen LogP contribution in [0, 0.1) is 5.82 Å². The molecule has 0 spiro atoms. The molecule has 4 heterocycles. The molecule has 0 saturated carbocycles. The fourth-order valence-corrected chi connectivity index (χ4v) is 3.52. The Morgan fingerprint density at radius 3 is 2.94 bits per heavy atom. The summed E-state index contributed by atoms with van der Waals surface area (Å²) in [5.74, 6) is -0.0894. The molecule has 10 heteroatoms. The van der Waals surface area contributed by atoms with E-state index in [0.717, 1.165) is 11.0 Å². The van der Waals surface area contributed by atoms with E-state index in [1.165, 1.54) is 24.5 Å². The van der Waals surface area contributed by atoms with Crippen LogP contribution >= 0.6 is 0 Å². The van der Waals surface area contributed by atoms with Gasteiger partial charge in [-0.1, -0.05) is 12.1 Å². The Morgan fingerprint density at radius 1 is 1.29 bits per heavy atom. The summed E-state index contributed by atoms with van der Waals surface area (Å²) in [5, 5.41) is 13.1. The number of halogens is 1. The number of hydrogen-bond acceptors (Lipinski definition) is 7. The number of rotatable bonds is 6. The van der Waals surface area contributed by atoms with Crippen molar-refractivity contribution in [2.24, 2.45) is 0 Å². The largest absolute Gasteiger partial charge is 0.435 e. The molecular weight excluding hydrogens is 403 g/mol. The number of amides is 1. The van der Waals surface area contributed by atoms with E-state index in [4.69, 9.17) is 4.42 Å². The Morgan fingerprint density at radius 2 is 2.13 bits per heavy atom. The van der Waals surface area contributed by atoms with Crippen molar-refractivity contribution in [3.63, 3.8) is 0 Å². The van der Waals surface area contributed by atoms with Crippen LogP contribution < -0.4 is 5.32 Å². The Balaban J connectivity index is 1.17. The molecule has 4 aromatic rings. The van der Waals surface area contributed by atoms with Crippen LogP contribution in [0.5, 0.6) is 0 Å². The number of H-pyrrole nitrogens is 1. The fraction of sp³-hybridized carbons (Fsp3) is 0.238. The second-order valence-corrected chi connectivity index (χ2v) is 7.34. The van der Waals surface area contributed by atoms with Crippen molar-refractivity contribution in [3.05, 3.63) is 77.8 Å². The molecule has 5 rings (SSSR count). The molecule has 3 aromatic heterocycles. The van der Waals surface area contributed by atoms with Gasteiger partial charge in [0.25, 0.3) is 5.91 Å². The van der Waals surface area contributed by atoms with Crippen molar-refractivity contribution in [2.75, 3.05) is 13.1 Å². The van der Waals surface area contributed by atoms with Crippen LogP contribution in [-0.2, 0) is 6.54 Å². The number of para-hydroxylation sites is 2. The number of carbonyl (C=O) groups excluding carboxylic acids is 1. The second kappa shape index (κ2) is 7.89. The van der Waals surface area contributed by atoms with Crippen molar-refractivity contribution in [2.45, 2.75) is 18.7 Å². The first-order chi connectivity index (χ1) is 15.1. The summed E-state index contributed by atoms with van der Waals surface area (Å²) in [6.45, 7) is 0.973. The van der Waals surface area contributed by atoms with E-state index in [9.17, 15) is 14.3 Å². The Bertz CT molecular complexity index is 1200. The lowest BCUT2D eigenvalue weighted by atomic mass is 10.00. The van der Waals surface area contributed by atoms with E-state index < -0.39 is 18.0 Å². The van der Waals surface area contributed by atoms with Gasteiger partial charge in [-0.2, -0.15) is 0 Å². The standard InChI is InChI=1S/C21H19FN6O3/c22-13-4-3-7-23-16(13)8-24-19(29)17-9-25-20(31-17)12-10-28(11-12)21(30)18-26-14-5-1-2-6-15(14)27-18/h1-7,9,12,21,30H,8,10-11H2,(H,24,29)(H,26,27). The molecule has 1 amide bonds. The maximum absolute atomic E-state index is 13.6. The third-order valence-corrected chi connectivity index (χ3v) is 5.26. The molecular formula is C21H19FN6O3. The molecule has 3 N–H and O–H groups in total. The number of aliphatic hydroxyl groups excluding tert-OH is 1. The number of likely N-dealkylation sites (tertiary alicyclic amines) is 1. The van der Waals surface area contributed by atoms with E-state index in [2.05, 4.69) is 25.3 Å². The number of fused-ring (bicyclic) bond motifs is 1. The van der Waals surface area contributed by atoms with Crippen molar-refractivity contribution in [1.29, 1.82) is 0 Å². The number of benzene rings is 1. The minimum absolute atomic E-state index is 0.0441. The average Bonchev–Trinajstić information content (AvgIpc) is 3.39. The monoisotopic (exact) mass is 422 g/mol. The predicted octanol–water partition coefficient (Wildman–Crippen LogP) is 2.11. The zero-order valence-corrected chi connectivity index (χ0v) is 16.3. The van der Waals surface area contributed by atoms with Crippen LogP contribution in [0.2, 0.25) is 0 Å². The Labute approximate surface area is 176 Å².